The average molecular weight is 476 g/mol. The summed E-state index contributed by atoms with van der Waals surface area (Å²) in [6.45, 7) is 11.3. The van der Waals surface area contributed by atoms with Crippen LogP contribution >= 0.6 is 12.4 Å². The Balaban J connectivity index is 0.00000385. The van der Waals surface area contributed by atoms with Gasteiger partial charge in [-0.2, -0.15) is 0 Å². The van der Waals surface area contributed by atoms with Crippen LogP contribution < -0.4 is 15.0 Å². The van der Waals surface area contributed by atoms with Crippen LogP contribution in [0.5, 0.6) is 11.5 Å². The number of aromatic hydroxyl groups is 1. The first-order valence-electron chi connectivity index (χ1n) is 11.5. The van der Waals surface area contributed by atoms with Gasteiger partial charge >= 0.3 is 0 Å². The minimum absolute atomic E-state index is 0. The van der Waals surface area contributed by atoms with E-state index in [9.17, 15) is 9.90 Å². The van der Waals surface area contributed by atoms with Gasteiger partial charge < -0.3 is 20.1 Å². The summed E-state index contributed by atoms with van der Waals surface area (Å²) in [5.74, 6) is 0.984. The maximum Gasteiger partial charge on any atom is 0.224 e. The lowest BCUT2D eigenvalue weighted by Crippen LogP contribution is -2.46. The molecule has 7 heteroatoms. The number of carbonyl (C=O) groups is 1. The van der Waals surface area contributed by atoms with Crippen molar-refractivity contribution < 1.29 is 14.6 Å². The second-order valence-electron chi connectivity index (χ2n) is 9.49. The molecule has 1 aliphatic heterocycles. The molecule has 6 nitrogen and oxygen atoms in total. The molecule has 0 saturated carbocycles. The Morgan fingerprint density at radius 1 is 1.06 bits per heavy atom. The van der Waals surface area contributed by atoms with E-state index in [4.69, 9.17) is 4.74 Å². The van der Waals surface area contributed by atoms with Gasteiger partial charge in [0.2, 0.25) is 5.91 Å². The minimum Gasteiger partial charge on any atom is -0.506 e. The number of hydrogen-bond donors (Lipinski definition) is 2. The van der Waals surface area contributed by atoms with Gasteiger partial charge in [0.25, 0.3) is 0 Å². The van der Waals surface area contributed by atoms with Crippen molar-refractivity contribution in [3.63, 3.8) is 0 Å². The average Bonchev–Trinajstić information content (AvgIpc) is 2.78. The predicted octanol–water partition coefficient (Wildman–Crippen LogP) is 5.05. The molecule has 182 valence electrons. The molecule has 0 aromatic heterocycles. The number of piperazine rings is 1. The van der Waals surface area contributed by atoms with Crippen molar-refractivity contribution in [1.82, 2.24) is 4.90 Å². The number of anilines is 2. The highest BCUT2D eigenvalue weighted by molar-refractivity contribution is 5.92. The number of amides is 1. The normalized spacial score (nSPS) is 14.5. The van der Waals surface area contributed by atoms with E-state index in [1.54, 1.807) is 13.2 Å². The zero-order valence-corrected chi connectivity index (χ0v) is 21.1. The lowest BCUT2D eigenvalue weighted by Gasteiger charge is -2.36. The molecule has 1 fully saturated rings. The van der Waals surface area contributed by atoms with Crippen LogP contribution in [0.25, 0.3) is 0 Å². The Kier molecular flexibility index (Phi) is 9.87. The molecule has 0 aliphatic carbocycles. The molecule has 1 aliphatic rings. The van der Waals surface area contributed by atoms with Crippen LogP contribution in [0.4, 0.5) is 11.4 Å². The van der Waals surface area contributed by atoms with Gasteiger partial charge in [-0.1, -0.05) is 39.0 Å². The topological polar surface area (TPSA) is 65.0 Å². The van der Waals surface area contributed by atoms with Gasteiger partial charge in [0.05, 0.1) is 18.5 Å². The molecule has 0 atom stereocenters. The van der Waals surface area contributed by atoms with Crippen molar-refractivity contribution in [3.8, 4) is 11.5 Å². The van der Waals surface area contributed by atoms with E-state index in [-0.39, 0.29) is 29.5 Å². The number of carbonyl (C=O) groups excluding carboxylic acids is 1. The fourth-order valence-corrected chi connectivity index (χ4v) is 4.04. The monoisotopic (exact) mass is 475 g/mol. The molecular formula is C26H38ClN3O3. The number of rotatable bonds is 8. The number of phenolic OH excluding ortho intramolecular Hbond substituents is 1. The number of hydrogen-bond acceptors (Lipinski definition) is 5. The smallest absolute Gasteiger partial charge is 0.224 e. The first-order chi connectivity index (χ1) is 15.3. The molecule has 0 radical (unpaired) electrons. The van der Waals surface area contributed by atoms with Gasteiger partial charge in [-0.05, 0) is 54.6 Å². The third-order valence-corrected chi connectivity index (χ3v) is 6.06. The van der Waals surface area contributed by atoms with Crippen molar-refractivity contribution in [2.45, 2.75) is 45.4 Å². The summed E-state index contributed by atoms with van der Waals surface area (Å²) >= 11 is 0. The first kappa shape index (κ1) is 26.8. The maximum absolute atomic E-state index is 12.4. The molecular weight excluding hydrogens is 438 g/mol. The summed E-state index contributed by atoms with van der Waals surface area (Å²) in [6.07, 6.45) is 2.27. The number of nitrogens with zero attached hydrogens (tertiary/aromatic N) is 2. The van der Waals surface area contributed by atoms with Gasteiger partial charge in [-0.3, -0.25) is 9.69 Å². The third kappa shape index (κ3) is 7.54. The molecule has 2 aromatic rings. The molecule has 1 amide bonds. The van der Waals surface area contributed by atoms with E-state index >= 15 is 0 Å². The standard InChI is InChI=1S/C26H37N3O3.ClH/c1-26(2,3)20-12-13-23(30)21(19-20)27-25(31)11-7-8-14-28-15-17-29(18-16-28)22-9-5-6-10-24(22)32-4;/h5-6,9-10,12-13,19,30H,7-8,11,14-18H2,1-4H3,(H,27,31);1H. The van der Waals surface area contributed by atoms with Crippen molar-refractivity contribution in [3.05, 3.63) is 48.0 Å². The fourth-order valence-electron chi connectivity index (χ4n) is 4.04. The third-order valence-electron chi connectivity index (χ3n) is 6.06. The zero-order valence-electron chi connectivity index (χ0n) is 20.3. The van der Waals surface area contributed by atoms with Gasteiger partial charge in [-0.25, -0.2) is 0 Å². The number of ether oxygens (including phenoxy) is 1. The van der Waals surface area contributed by atoms with Crippen LogP contribution in [0.2, 0.25) is 0 Å². The molecule has 33 heavy (non-hydrogen) atoms. The second kappa shape index (κ2) is 12.1. The molecule has 1 heterocycles. The van der Waals surface area contributed by atoms with Crippen LogP contribution in [-0.4, -0.2) is 55.7 Å². The molecule has 0 unspecified atom stereocenters. The Morgan fingerprint density at radius 3 is 2.42 bits per heavy atom. The molecule has 1 saturated heterocycles. The summed E-state index contributed by atoms with van der Waals surface area (Å²) < 4.78 is 5.49. The number of unbranched alkanes of at least 4 members (excludes halogenated alkanes) is 1. The highest BCUT2D eigenvalue weighted by atomic mass is 35.5. The number of halogens is 1. The lowest BCUT2D eigenvalue weighted by molar-refractivity contribution is -0.116. The quantitative estimate of drug-likeness (QED) is 0.413. The minimum atomic E-state index is -0.0487. The summed E-state index contributed by atoms with van der Waals surface area (Å²) in [4.78, 5) is 17.2. The molecule has 2 N–H and O–H groups in total. The fraction of sp³-hybridized carbons (Fsp3) is 0.500. The number of benzene rings is 2. The van der Waals surface area contributed by atoms with Gasteiger partial charge in [0, 0.05) is 32.6 Å². The van der Waals surface area contributed by atoms with Gasteiger partial charge in [0.15, 0.2) is 0 Å². The number of para-hydroxylation sites is 2. The summed E-state index contributed by atoms with van der Waals surface area (Å²) in [7, 11) is 1.72. The lowest BCUT2D eigenvalue weighted by atomic mass is 9.87. The van der Waals surface area contributed by atoms with Crippen LogP contribution in [0.1, 0.15) is 45.6 Å². The van der Waals surface area contributed by atoms with E-state index in [2.05, 4.69) is 42.0 Å². The molecule has 0 spiro atoms. The second-order valence-corrected chi connectivity index (χ2v) is 9.49. The molecule has 2 aromatic carbocycles. The summed E-state index contributed by atoms with van der Waals surface area (Å²) in [5, 5.41) is 13.0. The van der Waals surface area contributed by atoms with Crippen molar-refractivity contribution in [2.24, 2.45) is 0 Å². The highest BCUT2D eigenvalue weighted by Crippen LogP contribution is 2.31. The van der Waals surface area contributed by atoms with Gasteiger partial charge in [0.1, 0.15) is 11.5 Å². The largest absolute Gasteiger partial charge is 0.506 e. The Morgan fingerprint density at radius 2 is 1.76 bits per heavy atom. The maximum atomic E-state index is 12.4. The Bertz CT molecular complexity index is 906. The Labute approximate surface area is 204 Å². The number of methoxy groups -OCH3 is 1. The van der Waals surface area contributed by atoms with Crippen molar-refractivity contribution >= 4 is 29.7 Å². The molecule has 3 rings (SSSR count). The van der Waals surface area contributed by atoms with Crippen molar-refractivity contribution in [1.29, 1.82) is 0 Å². The van der Waals surface area contributed by atoms with Crippen LogP contribution in [0.3, 0.4) is 0 Å². The summed E-state index contributed by atoms with van der Waals surface area (Å²) in [6, 6.07) is 13.6. The highest BCUT2D eigenvalue weighted by Gasteiger charge is 2.19. The van der Waals surface area contributed by atoms with E-state index in [0.717, 1.165) is 62.6 Å². The van der Waals surface area contributed by atoms with E-state index < -0.39 is 0 Å². The van der Waals surface area contributed by atoms with E-state index in [0.29, 0.717) is 12.1 Å². The summed E-state index contributed by atoms with van der Waals surface area (Å²) in [5.41, 5.74) is 2.70. The van der Waals surface area contributed by atoms with E-state index in [1.807, 2.05) is 30.3 Å². The van der Waals surface area contributed by atoms with E-state index in [1.165, 1.54) is 0 Å². The number of phenols is 1. The van der Waals surface area contributed by atoms with Crippen LogP contribution in [0.15, 0.2) is 42.5 Å². The first-order valence-corrected chi connectivity index (χ1v) is 11.5. The SMILES string of the molecule is COc1ccccc1N1CCN(CCCCC(=O)Nc2cc(C(C)(C)C)ccc2O)CC1.Cl. The zero-order chi connectivity index (χ0) is 23.1. The van der Waals surface area contributed by atoms with Gasteiger partial charge in [-0.15, -0.1) is 12.4 Å². The van der Waals surface area contributed by atoms with Crippen molar-refractivity contribution in [2.75, 3.05) is 50.1 Å². The van der Waals surface area contributed by atoms with Crippen LogP contribution in [-0.2, 0) is 10.2 Å². The molecule has 0 bridgehead atoms. The predicted molar refractivity (Wildman–Crippen MR) is 138 cm³/mol. The van der Waals surface area contributed by atoms with Crippen LogP contribution in [0, 0.1) is 0 Å². The number of nitrogens with one attached hydrogen (secondary N) is 1. The Hall–Kier alpha value is -2.44.